The van der Waals surface area contributed by atoms with Gasteiger partial charge in [0.2, 0.25) is 5.91 Å². The monoisotopic (exact) mass is 335 g/mol. The van der Waals surface area contributed by atoms with Gasteiger partial charge in [-0.1, -0.05) is 34.0 Å². The van der Waals surface area contributed by atoms with Crippen molar-refractivity contribution in [2.45, 2.75) is 12.4 Å². The van der Waals surface area contributed by atoms with Gasteiger partial charge in [-0.05, 0) is 17.7 Å². The molecular weight excluding hydrogens is 327 g/mol. The van der Waals surface area contributed by atoms with E-state index in [0.717, 1.165) is 12.1 Å². The van der Waals surface area contributed by atoms with Gasteiger partial charge >= 0.3 is 6.36 Å². The summed E-state index contributed by atoms with van der Waals surface area (Å²) in [6.07, 6.45) is 0.517. The summed E-state index contributed by atoms with van der Waals surface area (Å²) in [5, 5.41) is 2.60. The number of rotatable bonds is 4. The highest BCUT2D eigenvalue weighted by Crippen LogP contribution is 2.24. The van der Waals surface area contributed by atoms with Gasteiger partial charge < -0.3 is 10.1 Å². The van der Waals surface area contributed by atoms with Crippen LogP contribution in [-0.2, 0) is 4.79 Å². The van der Waals surface area contributed by atoms with Gasteiger partial charge in [-0.25, -0.2) is 0 Å². The third-order valence-electron chi connectivity index (χ3n) is 2.04. The minimum atomic E-state index is -4.74. The fourth-order valence-corrected chi connectivity index (χ4v) is 1.44. The number of nitrogens with one attached hydrogen (secondary N) is 1. The molecule has 0 aliphatic heterocycles. The van der Waals surface area contributed by atoms with Crippen molar-refractivity contribution >= 4 is 21.8 Å². The second-order valence-corrected chi connectivity index (χ2v) is 3.98. The maximum atomic E-state index is 12.0. The number of terminal acetylenes is 1. The number of ether oxygens (including phenoxy) is 1. The Kier molecular flexibility index (Phi) is 5.24. The van der Waals surface area contributed by atoms with Gasteiger partial charge in [-0.15, -0.1) is 19.6 Å². The Morgan fingerprint density at radius 3 is 2.42 bits per heavy atom. The first kappa shape index (κ1) is 15.4. The molecule has 3 nitrogen and oxygen atoms in total. The summed E-state index contributed by atoms with van der Waals surface area (Å²) in [6, 6.07) is 4.28. The molecule has 0 saturated carbocycles. The normalized spacial score (nSPS) is 12.4. The first-order valence-electron chi connectivity index (χ1n) is 5.03. The number of carbonyl (C=O) groups excluding carboxylic acids is 1. The molecule has 0 radical (unpaired) electrons. The molecule has 1 rings (SSSR count). The summed E-state index contributed by atoms with van der Waals surface area (Å²) >= 11 is 2.96. The summed E-state index contributed by atoms with van der Waals surface area (Å²) < 4.78 is 39.6. The van der Waals surface area contributed by atoms with E-state index < -0.39 is 12.4 Å². The van der Waals surface area contributed by atoms with Gasteiger partial charge in [0.05, 0.1) is 5.33 Å². The molecule has 1 aromatic rings. The quantitative estimate of drug-likeness (QED) is 0.678. The van der Waals surface area contributed by atoms with Crippen LogP contribution in [0.2, 0.25) is 0 Å². The Morgan fingerprint density at radius 2 is 2.00 bits per heavy atom. The molecule has 1 N–H and O–H groups in total. The molecule has 0 spiro atoms. The molecule has 1 atom stereocenters. The van der Waals surface area contributed by atoms with Crippen LogP contribution in [0.3, 0.4) is 0 Å². The molecule has 1 aromatic carbocycles. The van der Waals surface area contributed by atoms with Gasteiger partial charge in [0.1, 0.15) is 11.8 Å². The van der Waals surface area contributed by atoms with E-state index in [9.17, 15) is 18.0 Å². The predicted molar refractivity (Wildman–Crippen MR) is 66.6 cm³/mol. The molecule has 0 aliphatic carbocycles. The minimum absolute atomic E-state index is 0.0838. The topological polar surface area (TPSA) is 38.3 Å². The molecule has 7 heteroatoms. The van der Waals surface area contributed by atoms with E-state index in [4.69, 9.17) is 6.42 Å². The maximum absolute atomic E-state index is 12.0. The zero-order valence-electron chi connectivity index (χ0n) is 9.50. The zero-order chi connectivity index (χ0) is 14.5. The van der Waals surface area contributed by atoms with Gasteiger partial charge in [0.25, 0.3) is 0 Å². The van der Waals surface area contributed by atoms with Crippen LogP contribution in [0, 0.1) is 12.3 Å². The predicted octanol–water partition coefficient (Wildman–Crippen LogP) is 2.77. The SMILES string of the molecule is C#C[C@H](NC(=O)CBr)c1ccc(OC(F)(F)F)cc1. The van der Waals surface area contributed by atoms with E-state index >= 15 is 0 Å². The molecule has 19 heavy (non-hydrogen) atoms. The molecule has 0 fully saturated rings. The van der Waals surface area contributed by atoms with Crippen molar-refractivity contribution in [1.29, 1.82) is 0 Å². The molecule has 1 amide bonds. The first-order chi connectivity index (χ1) is 8.85. The second kappa shape index (κ2) is 6.48. The summed E-state index contributed by atoms with van der Waals surface area (Å²) in [7, 11) is 0. The number of benzene rings is 1. The van der Waals surface area contributed by atoms with Gasteiger partial charge in [0, 0.05) is 0 Å². The van der Waals surface area contributed by atoms with Crippen molar-refractivity contribution < 1.29 is 22.7 Å². The molecular formula is C12H9BrF3NO2. The lowest BCUT2D eigenvalue weighted by Gasteiger charge is -2.14. The lowest BCUT2D eigenvalue weighted by molar-refractivity contribution is -0.274. The van der Waals surface area contributed by atoms with E-state index in [0.29, 0.717) is 5.56 Å². The van der Waals surface area contributed by atoms with Crippen LogP contribution in [0.15, 0.2) is 24.3 Å². The third-order valence-corrected chi connectivity index (χ3v) is 2.55. The molecule has 0 bridgehead atoms. The minimum Gasteiger partial charge on any atom is -0.406 e. The second-order valence-electron chi connectivity index (χ2n) is 3.42. The van der Waals surface area contributed by atoms with Gasteiger partial charge in [0.15, 0.2) is 0 Å². The van der Waals surface area contributed by atoms with Crippen LogP contribution in [0.25, 0.3) is 0 Å². The average Bonchev–Trinajstić information content (AvgIpc) is 2.35. The van der Waals surface area contributed by atoms with Crippen molar-refractivity contribution in [3.8, 4) is 18.1 Å². The number of amides is 1. The van der Waals surface area contributed by atoms with Gasteiger partial charge in [-0.3, -0.25) is 4.79 Å². The third kappa shape index (κ3) is 5.22. The number of hydrogen-bond acceptors (Lipinski definition) is 2. The van der Waals surface area contributed by atoms with E-state index in [1.54, 1.807) is 0 Å². The zero-order valence-corrected chi connectivity index (χ0v) is 11.1. The Balaban J connectivity index is 2.79. The van der Waals surface area contributed by atoms with E-state index in [-0.39, 0.29) is 17.0 Å². The van der Waals surface area contributed by atoms with E-state index in [1.165, 1.54) is 12.1 Å². The Bertz CT molecular complexity index is 479. The van der Waals surface area contributed by atoms with Crippen LogP contribution >= 0.6 is 15.9 Å². The molecule has 0 aliphatic rings. The van der Waals surface area contributed by atoms with Crippen molar-refractivity contribution in [1.82, 2.24) is 5.32 Å². The highest BCUT2D eigenvalue weighted by Gasteiger charge is 2.31. The molecule has 102 valence electrons. The smallest absolute Gasteiger partial charge is 0.406 e. The molecule has 0 aromatic heterocycles. The lowest BCUT2D eigenvalue weighted by Crippen LogP contribution is -2.28. The van der Waals surface area contributed by atoms with Crippen molar-refractivity contribution in [3.05, 3.63) is 29.8 Å². The van der Waals surface area contributed by atoms with Crippen molar-refractivity contribution in [3.63, 3.8) is 0 Å². The van der Waals surface area contributed by atoms with Crippen LogP contribution in [-0.4, -0.2) is 17.6 Å². The van der Waals surface area contributed by atoms with Crippen LogP contribution in [0.4, 0.5) is 13.2 Å². The molecule has 0 unspecified atom stereocenters. The highest BCUT2D eigenvalue weighted by molar-refractivity contribution is 9.09. The van der Waals surface area contributed by atoms with E-state index in [1.807, 2.05) is 0 Å². The Morgan fingerprint density at radius 1 is 1.42 bits per heavy atom. The highest BCUT2D eigenvalue weighted by atomic mass is 79.9. The fourth-order valence-electron chi connectivity index (χ4n) is 1.28. The standard InChI is InChI=1S/C12H9BrF3NO2/c1-2-10(17-11(18)7-13)8-3-5-9(6-4-8)19-12(14,15)16/h1,3-6,10H,7H2,(H,17,18)/t10-/m0/s1. The summed E-state index contributed by atoms with van der Waals surface area (Å²) in [5.41, 5.74) is 0.492. The van der Waals surface area contributed by atoms with Crippen LogP contribution < -0.4 is 10.1 Å². The number of carbonyl (C=O) groups is 1. The fraction of sp³-hybridized carbons (Fsp3) is 0.250. The average molecular weight is 336 g/mol. The number of alkyl halides is 4. The van der Waals surface area contributed by atoms with Crippen LogP contribution in [0.1, 0.15) is 11.6 Å². The first-order valence-corrected chi connectivity index (χ1v) is 6.15. The van der Waals surface area contributed by atoms with Gasteiger partial charge in [-0.2, -0.15) is 0 Å². The molecule has 0 saturated heterocycles. The largest absolute Gasteiger partial charge is 0.573 e. The summed E-state index contributed by atoms with van der Waals surface area (Å²) in [4.78, 5) is 11.2. The van der Waals surface area contributed by atoms with E-state index in [2.05, 4.69) is 31.9 Å². The van der Waals surface area contributed by atoms with Crippen LogP contribution in [0.5, 0.6) is 5.75 Å². The molecule has 0 heterocycles. The summed E-state index contributed by atoms with van der Waals surface area (Å²) in [6.45, 7) is 0. The summed E-state index contributed by atoms with van der Waals surface area (Å²) in [5.74, 6) is 1.67. The Hall–Kier alpha value is -1.68. The number of hydrogen-bond donors (Lipinski definition) is 1. The van der Waals surface area contributed by atoms with Crippen molar-refractivity contribution in [2.75, 3.05) is 5.33 Å². The maximum Gasteiger partial charge on any atom is 0.573 e. The number of halogens is 4. The van der Waals surface area contributed by atoms with Crippen molar-refractivity contribution in [2.24, 2.45) is 0 Å². The Labute approximate surface area is 116 Å². The lowest BCUT2D eigenvalue weighted by atomic mass is 10.1.